The van der Waals surface area contributed by atoms with Crippen molar-refractivity contribution in [2.24, 2.45) is 7.05 Å². The second-order valence-electron chi connectivity index (χ2n) is 7.62. The third kappa shape index (κ3) is 3.99. The molecule has 0 aliphatic heterocycles. The van der Waals surface area contributed by atoms with Gasteiger partial charge in [-0.2, -0.15) is 0 Å². The number of amides is 1. The topological polar surface area (TPSA) is 60.3 Å². The Hall–Kier alpha value is -3.57. The molecule has 1 aromatic heterocycles. The average molecular weight is 447 g/mol. The Kier molecular flexibility index (Phi) is 6.01. The fourth-order valence-electron chi connectivity index (χ4n) is 3.89. The fourth-order valence-corrected chi connectivity index (χ4v) is 4.06. The summed E-state index contributed by atoms with van der Waals surface area (Å²) < 4.78 is 6.59. The van der Waals surface area contributed by atoms with Gasteiger partial charge in [-0.15, -0.1) is 0 Å². The largest absolute Gasteiger partial charge is 0.497 e. The normalized spacial score (nSPS) is 10.9. The van der Waals surface area contributed by atoms with Crippen LogP contribution in [-0.4, -0.2) is 17.6 Å². The van der Waals surface area contributed by atoms with Crippen LogP contribution in [0.3, 0.4) is 0 Å². The first-order valence-electron chi connectivity index (χ1n) is 10.2. The lowest BCUT2D eigenvalue weighted by molar-refractivity contribution is 0.0942. The predicted molar refractivity (Wildman–Crippen MR) is 129 cm³/mol. The van der Waals surface area contributed by atoms with E-state index in [4.69, 9.17) is 16.3 Å². The molecular formula is C26H23ClN2O3. The van der Waals surface area contributed by atoms with Crippen molar-refractivity contribution in [1.82, 2.24) is 9.88 Å². The molecule has 0 saturated carbocycles. The summed E-state index contributed by atoms with van der Waals surface area (Å²) in [7, 11) is 3.23. The van der Waals surface area contributed by atoms with Crippen molar-refractivity contribution in [3.05, 3.63) is 98.9 Å². The molecule has 1 heterocycles. The van der Waals surface area contributed by atoms with Crippen LogP contribution in [0.4, 0.5) is 0 Å². The maximum absolute atomic E-state index is 13.4. The quantitative estimate of drug-likeness (QED) is 0.463. The predicted octanol–water partition coefficient (Wildman–Crippen LogP) is 5.11. The summed E-state index contributed by atoms with van der Waals surface area (Å²) in [5.41, 5.74) is 3.58. The molecule has 0 atom stereocenters. The van der Waals surface area contributed by atoms with Crippen molar-refractivity contribution in [3.63, 3.8) is 0 Å². The number of aryl methyl sites for hydroxylation is 1. The van der Waals surface area contributed by atoms with Gasteiger partial charge in [0.2, 0.25) is 0 Å². The van der Waals surface area contributed by atoms with Gasteiger partial charge in [0.05, 0.1) is 7.11 Å². The Morgan fingerprint density at radius 3 is 2.44 bits per heavy atom. The first-order chi connectivity index (χ1) is 15.4. The average Bonchev–Trinajstić information content (AvgIpc) is 2.80. The maximum atomic E-state index is 13.4. The van der Waals surface area contributed by atoms with E-state index in [1.165, 1.54) is 4.57 Å². The van der Waals surface area contributed by atoms with Crippen molar-refractivity contribution in [2.75, 3.05) is 7.11 Å². The number of fused-ring (bicyclic) bond motifs is 1. The zero-order chi connectivity index (χ0) is 22.8. The lowest BCUT2D eigenvalue weighted by atomic mass is 9.93. The lowest BCUT2D eigenvalue weighted by Gasteiger charge is -2.19. The number of carbonyl (C=O) groups is 1. The van der Waals surface area contributed by atoms with Crippen LogP contribution in [0.1, 0.15) is 21.6 Å². The molecule has 1 amide bonds. The first kappa shape index (κ1) is 21.7. The van der Waals surface area contributed by atoms with Gasteiger partial charge in [0.25, 0.3) is 11.5 Å². The van der Waals surface area contributed by atoms with Crippen LogP contribution in [0, 0.1) is 6.92 Å². The summed E-state index contributed by atoms with van der Waals surface area (Å²) in [5, 5.41) is 4.61. The van der Waals surface area contributed by atoms with E-state index in [0.29, 0.717) is 33.6 Å². The third-order valence-electron chi connectivity index (χ3n) is 5.60. The van der Waals surface area contributed by atoms with E-state index in [2.05, 4.69) is 5.32 Å². The lowest BCUT2D eigenvalue weighted by Crippen LogP contribution is -2.32. The Labute approximate surface area is 191 Å². The van der Waals surface area contributed by atoms with Gasteiger partial charge < -0.3 is 14.6 Å². The molecular weight excluding hydrogens is 424 g/mol. The Bertz CT molecular complexity index is 1370. The highest BCUT2D eigenvalue weighted by atomic mass is 35.5. The van der Waals surface area contributed by atoms with Crippen molar-refractivity contribution in [2.45, 2.75) is 13.5 Å². The number of hydrogen-bond donors (Lipinski definition) is 1. The van der Waals surface area contributed by atoms with Gasteiger partial charge in [0.1, 0.15) is 11.4 Å². The van der Waals surface area contributed by atoms with Gasteiger partial charge in [-0.25, -0.2) is 0 Å². The molecule has 4 aromatic rings. The summed E-state index contributed by atoms with van der Waals surface area (Å²) in [4.78, 5) is 26.5. The van der Waals surface area contributed by atoms with E-state index < -0.39 is 0 Å². The van der Waals surface area contributed by atoms with Crippen LogP contribution in [0.15, 0.2) is 71.5 Å². The fraction of sp³-hybridized carbons (Fsp3) is 0.154. The zero-order valence-corrected chi connectivity index (χ0v) is 18.9. The number of benzene rings is 3. The maximum Gasteiger partial charge on any atom is 0.268 e. The Morgan fingerprint density at radius 2 is 1.75 bits per heavy atom. The summed E-state index contributed by atoms with van der Waals surface area (Å²) in [6, 6.07) is 20.5. The summed E-state index contributed by atoms with van der Waals surface area (Å²) in [5.74, 6) is 0.424. The molecule has 3 aromatic carbocycles. The van der Waals surface area contributed by atoms with Crippen LogP contribution >= 0.6 is 11.6 Å². The van der Waals surface area contributed by atoms with Crippen molar-refractivity contribution < 1.29 is 9.53 Å². The number of ether oxygens (including phenoxy) is 1. The highest BCUT2D eigenvalue weighted by molar-refractivity contribution is 6.31. The molecule has 162 valence electrons. The number of halogens is 1. The van der Waals surface area contributed by atoms with Gasteiger partial charge in [0, 0.05) is 29.6 Å². The number of carbonyl (C=O) groups excluding carboxylic acids is 1. The highest BCUT2D eigenvalue weighted by Gasteiger charge is 2.22. The van der Waals surface area contributed by atoms with E-state index in [0.717, 1.165) is 22.4 Å². The SMILES string of the molecule is COc1ccc(CNC(=O)c2c(-c3ccccc3C)c3ccc(Cl)cc3c(=O)n2C)cc1. The molecule has 6 heteroatoms. The number of rotatable bonds is 5. The van der Waals surface area contributed by atoms with Crippen molar-refractivity contribution >= 4 is 28.3 Å². The summed E-state index contributed by atoms with van der Waals surface area (Å²) >= 11 is 6.18. The van der Waals surface area contributed by atoms with E-state index in [-0.39, 0.29) is 11.5 Å². The smallest absolute Gasteiger partial charge is 0.268 e. The molecule has 0 saturated heterocycles. The third-order valence-corrected chi connectivity index (χ3v) is 5.83. The Balaban J connectivity index is 1.85. The first-order valence-corrected chi connectivity index (χ1v) is 10.6. The summed E-state index contributed by atoms with van der Waals surface area (Å²) in [6.45, 7) is 2.31. The van der Waals surface area contributed by atoms with Gasteiger partial charge in [-0.3, -0.25) is 9.59 Å². The van der Waals surface area contributed by atoms with Gasteiger partial charge in [-0.1, -0.05) is 54.1 Å². The molecule has 0 bridgehead atoms. The van der Waals surface area contributed by atoms with Gasteiger partial charge in [0.15, 0.2) is 0 Å². The molecule has 0 radical (unpaired) electrons. The van der Waals surface area contributed by atoms with Gasteiger partial charge >= 0.3 is 0 Å². The molecule has 4 rings (SSSR count). The number of nitrogens with one attached hydrogen (secondary N) is 1. The number of methoxy groups -OCH3 is 1. The zero-order valence-electron chi connectivity index (χ0n) is 18.1. The van der Waals surface area contributed by atoms with E-state index in [9.17, 15) is 9.59 Å². The number of nitrogens with zero attached hydrogens (tertiary/aromatic N) is 1. The van der Waals surface area contributed by atoms with Crippen LogP contribution in [0.2, 0.25) is 5.02 Å². The van der Waals surface area contributed by atoms with E-state index in [1.807, 2.05) is 55.5 Å². The van der Waals surface area contributed by atoms with Gasteiger partial charge in [-0.05, 0) is 53.3 Å². The Morgan fingerprint density at radius 1 is 1.03 bits per heavy atom. The number of pyridine rings is 1. The van der Waals surface area contributed by atoms with E-state index in [1.54, 1.807) is 32.4 Å². The van der Waals surface area contributed by atoms with Crippen molar-refractivity contribution in [3.8, 4) is 16.9 Å². The van der Waals surface area contributed by atoms with Crippen molar-refractivity contribution in [1.29, 1.82) is 0 Å². The molecule has 0 aliphatic rings. The molecule has 0 unspecified atom stereocenters. The minimum Gasteiger partial charge on any atom is -0.497 e. The summed E-state index contributed by atoms with van der Waals surface area (Å²) in [6.07, 6.45) is 0. The molecule has 32 heavy (non-hydrogen) atoms. The molecule has 1 N–H and O–H groups in total. The van der Waals surface area contributed by atoms with E-state index >= 15 is 0 Å². The molecule has 0 aliphatic carbocycles. The molecule has 0 spiro atoms. The second-order valence-corrected chi connectivity index (χ2v) is 8.06. The minimum absolute atomic E-state index is 0.269. The molecule has 0 fully saturated rings. The van der Waals surface area contributed by atoms with Crippen LogP contribution in [0.25, 0.3) is 21.9 Å². The van der Waals surface area contributed by atoms with Crippen LogP contribution in [-0.2, 0) is 13.6 Å². The number of hydrogen-bond acceptors (Lipinski definition) is 3. The second kappa shape index (κ2) is 8.89. The van der Waals surface area contributed by atoms with Crippen LogP contribution < -0.4 is 15.6 Å². The minimum atomic E-state index is -0.324. The molecule has 5 nitrogen and oxygen atoms in total. The standard InChI is InChI=1S/C26H23ClN2O3/c1-16-6-4-5-7-20(16)23-21-13-10-18(27)14-22(21)26(31)29(2)24(23)25(30)28-15-17-8-11-19(32-3)12-9-17/h4-14H,15H2,1-3H3,(H,28,30). The number of aromatic nitrogens is 1. The van der Waals surface area contributed by atoms with Crippen LogP contribution in [0.5, 0.6) is 5.75 Å². The monoisotopic (exact) mass is 446 g/mol. The highest BCUT2D eigenvalue weighted by Crippen LogP contribution is 2.33.